The molecule has 2 aromatic heterocycles. The lowest BCUT2D eigenvalue weighted by atomic mass is 9.97. The van der Waals surface area contributed by atoms with Crippen LogP contribution < -0.4 is 5.32 Å². The minimum absolute atomic E-state index is 0.365. The van der Waals surface area contributed by atoms with Crippen molar-refractivity contribution in [1.82, 2.24) is 10.3 Å². The van der Waals surface area contributed by atoms with Gasteiger partial charge in [-0.2, -0.15) is 11.3 Å². The van der Waals surface area contributed by atoms with Gasteiger partial charge in [-0.25, -0.2) is 4.79 Å². The smallest absolute Gasteiger partial charge is 0.329 e. The quantitative estimate of drug-likeness (QED) is 0.902. The summed E-state index contributed by atoms with van der Waals surface area (Å²) in [5, 5.41) is 16.2. The molecular formula is C17H18N2O3S. The molecule has 0 spiro atoms. The standard InChI is InChI=1S/C17H18N2O3S/c1-11-13(4-5-14(18-11)12-6-9-23-10-12)15(20)19-17(16(21)22)7-2-3-8-17/h4-6,9-10H,2-3,7-8H2,1H3,(H,19,20)(H,21,22). The van der Waals surface area contributed by atoms with Crippen LogP contribution in [0.1, 0.15) is 41.7 Å². The van der Waals surface area contributed by atoms with Crippen LogP contribution >= 0.6 is 11.3 Å². The van der Waals surface area contributed by atoms with Gasteiger partial charge in [0.2, 0.25) is 0 Å². The Kier molecular flexibility index (Phi) is 4.17. The topological polar surface area (TPSA) is 79.3 Å². The van der Waals surface area contributed by atoms with E-state index in [0.717, 1.165) is 24.1 Å². The Morgan fingerprint density at radius 1 is 1.26 bits per heavy atom. The van der Waals surface area contributed by atoms with Crippen LogP contribution in [0.3, 0.4) is 0 Å². The second-order valence-electron chi connectivity index (χ2n) is 5.89. The number of hydrogen-bond acceptors (Lipinski definition) is 4. The first-order valence-corrected chi connectivity index (χ1v) is 8.52. The summed E-state index contributed by atoms with van der Waals surface area (Å²) in [6.07, 6.45) is 2.60. The first-order chi connectivity index (χ1) is 11.0. The van der Waals surface area contributed by atoms with Gasteiger partial charge in [0.1, 0.15) is 5.54 Å². The molecule has 1 aliphatic carbocycles. The number of amides is 1. The number of hydrogen-bond donors (Lipinski definition) is 2. The minimum Gasteiger partial charge on any atom is -0.480 e. The summed E-state index contributed by atoms with van der Waals surface area (Å²) in [6, 6.07) is 5.49. The lowest BCUT2D eigenvalue weighted by Crippen LogP contribution is -2.52. The lowest BCUT2D eigenvalue weighted by Gasteiger charge is -2.25. The lowest BCUT2D eigenvalue weighted by molar-refractivity contribution is -0.144. The van der Waals surface area contributed by atoms with Crippen LogP contribution in [0, 0.1) is 6.92 Å². The number of thiophene rings is 1. The molecule has 120 valence electrons. The molecule has 1 aliphatic rings. The number of aryl methyl sites for hydroxylation is 1. The molecule has 0 unspecified atom stereocenters. The molecule has 2 heterocycles. The van der Waals surface area contributed by atoms with Crippen LogP contribution in [0.2, 0.25) is 0 Å². The molecule has 0 radical (unpaired) electrons. The fraction of sp³-hybridized carbons (Fsp3) is 0.353. The Balaban J connectivity index is 1.84. The number of rotatable bonds is 4. The van der Waals surface area contributed by atoms with Crippen LogP contribution in [0.4, 0.5) is 0 Å². The fourth-order valence-corrected chi connectivity index (χ4v) is 3.68. The summed E-state index contributed by atoms with van der Waals surface area (Å²) in [4.78, 5) is 28.5. The van der Waals surface area contributed by atoms with E-state index in [1.54, 1.807) is 30.4 Å². The Hall–Kier alpha value is -2.21. The largest absolute Gasteiger partial charge is 0.480 e. The van der Waals surface area contributed by atoms with Crippen molar-refractivity contribution in [2.24, 2.45) is 0 Å². The summed E-state index contributed by atoms with van der Waals surface area (Å²) in [5.41, 5.74) is 1.73. The highest BCUT2D eigenvalue weighted by Gasteiger charge is 2.42. The van der Waals surface area contributed by atoms with Gasteiger partial charge in [0.25, 0.3) is 5.91 Å². The van der Waals surface area contributed by atoms with Crippen molar-refractivity contribution >= 4 is 23.2 Å². The van der Waals surface area contributed by atoms with Crippen molar-refractivity contribution in [2.45, 2.75) is 38.1 Å². The van der Waals surface area contributed by atoms with Gasteiger partial charge in [-0.15, -0.1) is 0 Å². The molecule has 1 saturated carbocycles. The molecule has 23 heavy (non-hydrogen) atoms. The van der Waals surface area contributed by atoms with Gasteiger partial charge in [0.15, 0.2) is 0 Å². The molecule has 0 saturated heterocycles. The highest BCUT2D eigenvalue weighted by Crippen LogP contribution is 2.30. The Morgan fingerprint density at radius 2 is 2.00 bits per heavy atom. The van der Waals surface area contributed by atoms with Crippen LogP contribution in [0.5, 0.6) is 0 Å². The number of carboxylic acids is 1. The molecule has 5 nitrogen and oxygen atoms in total. The maximum Gasteiger partial charge on any atom is 0.329 e. The van der Waals surface area contributed by atoms with E-state index in [-0.39, 0.29) is 5.91 Å². The van der Waals surface area contributed by atoms with Crippen LogP contribution in [-0.4, -0.2) is 27.5 Å². The Labute approximate surface area is 138 Å². The highest BCUT2D eigenvalue weighted by atomic mass is 32.1. The summed E-state index contributed by atoms with van der Waals surface area (Å²) in [5.74, 6) is -1.32. The van der Waals surface area contributed by atoms with Gasteiger partial charge in [0, 0.05) is 10.9 Å². The molecule has 3 rings (SSSR count). The molecular weight excluding hydrogens is 312 g/mol. The highest BCUT2D eigenvalue weighted by molar-refractivity contribution is 7.08. The van der Waals surface area contributed by atoms with E-state index in [1.165, 1.54) is 0 Å². The molecule has 0 atom stereocenters. The number of pyridine rings is 1. The predicted molar refractivity (Wildman–Crippen MR) is 88.6 cm³/mol. The molecule has 0 aromatic carbocycles. The molecule has 0 bridgehead atoms. The van der Waals surface area contributed by atoms with Crippen molar-refractivity contribution < 1.29 is 14.7 Å². The maximum atomic E-state index is 12.5. The maximum absolute atomic E-state index is 12.5. The van der Waals surface area contributed by atoms with E-state index in [1.807, 2.05) is 16.8 Å². The van der Waals surface area contributed by atoms with Gasteiger partial charge in [0.05, 0.1) is 17.0 Å². The summed E-state index contributed by atoms with van der Waals surface area (Å²) in [6.45, 7) is 1.77. The predicted octanol–water partition coefficient (Wildman–Crippen LogP) is 3.25. The zero-order valence-electron chi connectivity index (χ0n) is 12.8. The first kappa shape index (κ1) is 15.7. The van der Waals surface area contributed by atoms with Crippen molar-refractivity contribution in [3.05, 3.63) is 40.2 Å². The fourth-order valence-electron chi connectivity index (χ4n) is 3.03. The number of carboxylic acid groups (broad SMARTS) is 1. The third kappa shape index (κ3) is 2.99. The van der Waals surface area contributed by atoms with Crippen LogP contribution in [-0.2, 0) is 4.79 Å². The number of aliphatic carboxylic acids is 1. The van der Waals surface area contributed by atoms with Crippen LogP contribution in [0.15, 0.2) is 29.0 Å². The van der Waals surface area contributed by atoms with Crippen molar-refractivity contribution in [1.29, 1.82) is 0 Å². The molecule has 1 fully saturated rings. The minimum atomic E-state index is -1.13. The Bertz CT molecular complexity index is 734. The number of nitrogens with one attached hydrogen (secondary N) is 1. The number of carbonyl (C=O) groups excluding carboxylic acids is 1. The van der Waals surface area contributed by atoms with E-state index >= 15 is 0 Å². The van der Waals surface area contributed by atoms with E-state index < -0.39 is 11.5 Å². The number of aromatic nitrogens is 1. The van der Waals surface area contributed by atoms with Crippen molar-refractivity contribution in [3.63, 3.8) is 0 Å². The average molecular weight is 330 g/mol. The summed E-state index contributed by atoms with van der Waals surface area (Å²) >= 11 is 1.59. The molecule has 1 amide bonds. The second-order valence-corrected chi connectivity index (χ2v) is 6.67. The van der Waals surface area contributed by atoms with Gasteiger partial charge in [-0.1, -0.05) is 12.8 Å². The zero-order valence-corrected chi connectivity index (χ0v) is 13.7. The average Bonchev–Trinajstić information content (AvgIpc) is 3.19. The monoisotopic (exact) mass is 330 g/mol. The summed E-state index contributed by atoms with van der Waals surface area (Å²) in [7, 11) is 0. The van der Waals surface area contributed by atoms with Gasteiger partial charge >= 0.3 is 5.97 Å². The van der Waals surface area contributed by atoms with Gasteiger partial charge < -0.3 is 10.4 Å². The molecule has 6 heteroatoms. The van der Waals surface area contributed by atoms with Gasteiger partial charge in [-0.05, 0) is 43.3 Å². The third-order valence-corrected chi connectivity index (χ3v) is 5.05. The Morgan fingerprint density at radius 3 is 2.57 bits per heavy atom. The number of nitrogens with zero attached hydrogens (tertiary/aromatic N) is 1. The summed E-state index contributed by atoms with van der Waals surface area (Å²) < 4.78 is 0. The first-order valence-electron chi connectivity index (χ1n) is 7.58. The second kappa shape index (κ2) is 6.12. The molecule has 2 N–H and O–H groups in total. The normalized spacial score (nSPS) is 16.2. The third-order valence-electron chi connectivity index (χ3n) is 4.37. The van der Waals surface area contributed by atoms with Crippen molar-refractivity contribution in [3.8, 4) is 11.3 Å². The van der Waals surface area contributed by atoms with Crippen molar-refractivity contribution in [2.75, 3.05) is 0 Å². The van der Waals surface area contributed by atoms with E-state index in [0.29, 0.717) is 24.1 Å². The SMILES string of the molecule is Cc1nc(-c2ccsc2)ccc1C(=O)NC1(C(=O)O)CCCC1. The van der Waals surface area contributed by atoms with Gasteiger partial charge in [-0.3, -0.25) is 9.78 Å². The molecule has 2 aromatic rings. The zero-order chi connectivity index (χ0) is 16.4. The van der Waals surface area contributed by atoms with E-state index in [2.05, 4.69) is 10.3 Å². The van der Waals surface area contributed by atoms with Crippen LogP contribution in [0.25, 0.3) is 11.3 Å². The van der Waals surface area contributed by atoms with E-state index in [9.17, 15) is 14.7 Å². The molecule has 0 aliphatic heterocycles. The van der Waals surface area contributed by atoms with E-state index in [4.69, 9.17) is 0 Å². The number of carbonyl (C=O) groups is 2.